The molecule has 1 fully saturated rings. The van der Waals surface area contributed by atoms with Crippen molar-refractivity contribution >= 4 is 33.4 Å². The minimum absolute atomic E-state index is 0.0195. The summed E-state index contributed by atoms with van der Waals surface area (Å²) in [4.78, 5) is 27.5. The van der Waals surface area contributed by atoms with Gasteiger partial charge in [-0.05, 0) is 37.3 Å². The number of aliphatic hydroxyl groups is 1. The zero-order valence-electron chi connectivity index (χ0n) is 16.7. The maximum absolute atomic E-state index is 13.1. The lowest BCUT2D eigenvalue weighted by atomic mass is 9.94. The number of amides is 1. The van der Waals surface area contributed by atoms with Crippen molar-refractivity contribution < 1.29 is 23.8 Å². The van der Waals surface area contributed by atoms with Gasteiger partial charge in [0.2, 0.25) is 0 Å². The van der Waals surface area contributed by atoms with Crippen LogP contribution in [-0.2, 0) is 16.1 Å². The van der Waals surface area contributed by atoms with E-state index in [4.69, 9.17) is 9.15 Å². The molecule has 1 unspecified atom stereocenters. The lowest BCUT2D eigenvalue weighted by Crippen LogP contribution is -2.29. The molecule has 1 atom stereocenters. The van der Waals surface area contributed by atoms with Crippen LogP contribution in [0.2, 0.25) is 0 Å². The number of furan rings is 1. The summed E-state index contributed by atoms with van der Waals surface area (Å²) in [6, 6.07) is 16.7. The highest BCUT2D eigenvalue weighted by Crippen LogP contribution is 2.43. The normalized spacial score (nSPS) is 17.9. The molecule has 0 bridgehead atoms. The molecule has 7 heteroatoms. The second-order valence-electron chi connectivity index (χ2n) is 6.98. The molecule has 31 heavy (non-hydrogen) atoms. The van der Waals surface area contributed by atoms with E-state index in [0.717, 1.165) is 4.47 Å². The molecule has 1 aromatic heterocycles. The Balaban J connectivity index is 1.90. The number of Topliss-reactive ketones (excluding diaryl/α,β-unsaturated/α-hetero) is 1. The van der Waals surface area contributed by atoms with Crippen molar-refractivity contribution in [1.29, 1.82) is 0 Å². The molecular weight excluding hydrogens is 462 g/mol. The number of ether oxygens (including phenoxy) is 1. The van der Waals surface area contributed by atoms with Crippen LogP contribution in [0.5, 0.6) is 5.75 Å². The van der Waals surface area contributed by atoms with Crippen LogP contribution < -0.4 is 4.74 Å². The van der Waals surface area contributed by atoms with E-state index in [1.165, 1.54) is 11.2 Å². The number of rotatable bonds is 6. The number of carbonyl (C=O) groups is 2. The van der Waals surface area contributed by atoms with Crippen LogP contribution in [0.25, 0.3) is 5.76 Å². The average Bonchev–Trinajstić information content (AvgIpc) is 3.37. The van der Waals surface area contributed by atoms with Gasteiger partial charge >= 0.3 is 0 Å². The van der Waals surface area contributed by atoms with E-state index in [2.05, 4.69) is 15.9 Å². The molecule has 6 nitrogen and oxygen atoms in total. The molecule has 2 aromatic carbocycles. The number of ketones is 1. The van der Waals surface area contributed by atoms with Gasteiger partial charge in [-0.2, -0.15) is 0 Å². The first-order valence-electron chi connectivity index (χ1n) is 9.79. The first-order valence-corrected chi connectivity index (χ1v) is 10.6. The molecule has 4 rings (SSSR count). The van der Waals surface area contributed by atoms with Gasteiger partial charge in [0.25, 0.3) is 11.7 Å². The third kappa shape index (κ3) is 4.01. The van der Waals surface area contributed by atoms with Crippen molar-refractivity contribution in [2.24, 2.45) is 0 Å². The Bertz CT molecular complexity index is 1140. The Kier molecular flexibility index (Phi) is 5.95. The van der Waals surface area contributed by atoms with Gasteiger partial charge in [-0.25, -0.2) is 0 Å². The number of carbonyl (C=O) groups excluding carboxylic acids is 2. The lowest BCUT2D eigenvalue weighted by Gasteiger charge is -2.26. The third-order valence-electron chi connectivity index (χ3n) is 5.08. The maximum Gasteiger partial charge on any atom is 0.296 e. The van der Waals surface area contributed by atoms with Gasteiger partial charge in [-0.15, -0.1) is 0 Å². The van der Waals surface area contributed by atoms with Crippen molar-refractivity contribution in [3.63, 3.8) is 0 Å². The number of para-hydroxylation sites is 1. The molecule has 1 aliphatic heterocycles. The van der Waals surface area contributed by atoms with Crippen molar-refractivity contribution in [2.75, 3.05) is 6.61 Å². The number of hydrogen-bond acceptors (Lipinski definition) is 5. The van der Waals surface area contributed by atoms with Crippen molar-refractivity contribution in [1.82, 2.24) is 4.90 Å². The number of likely N-dealkylation sites (tertiary alicyclic amines) is 1. The van der Waals surface area contributed by atoms with E-state index >= 15 is 0 Å². The van der Waals surface area contributed by atoms with Gasteiger partial charge in [0.1, 0.15) is 17.3 Å². The summed E-state index contributed by atoms with van der Waals surface area (Å²) in [5.41, 5.74) is 1.08. The molecule has 1 saturated heterocycles. The quantitative estimate of drug-likeness (QED) is 0.302. The summed E-state index contributed by atoms with van der Waals surface area (Å²) >= 11 is 3.36. The highest BCUT2D eigenvalue weighted by molar-refractivity contribution is 9.10. The summed E-state index contributed by atoms with van der Waals surface area (Å²) in [6.07, 6.45) is 1.51. The molecule has 1 amide bonds. The first kappa shape index (κ1) is 20.9. The van der Waals surface area contributed by atoms with E-state index in [9.17, 15) is 14.7 Å². The molecule has 0 radical (unpaired) electrons. The van der Waals surface area contributed by atoms with Crippen LogP contribution >= 0.6 is 15.9 Å². The molecule has 3 aromatic rings. The van der Waals surface area contributed by atoms with Crippen LogP contribution in [0.3, 0.4) is 0 Å². The molecule has 0 saturated carbocycles. The lowest BCUT2D eigenvalue weighted by molar-refractivity contribution is -0.140. The van der Waals surface area contributed by atoms with Gasteiger partial charge < -0.3 is 19.2 Å². The number of benzene rings is 2. The fourth-order valence-corrected chi connectivity index (χ4v) is 3.96. The van der Waals surface area contributed by atoms with Crippen molar-refractivity contribution in [2.45, 2.75) is 19.5 Å². The number of nitrogens with zero attached hydrogens (tertiary/aromatic N) is 1. The molecule has 2 heterocycles. The summed E-state index contributed by atoms with van der Waals surface area (Å²) in [5, 5.41) is 11.1. The monoisotopic (exact) mass is 481 g/mol. The van der Waals surface area contributed by atoms with Gasteiger partial charge in [0, 0.05) is 15.6 Å². The van der Waals surface area contributed by atoms with Crippen molar-refractivity contribution in [3.05, 3.63) is 93.9 Å². The second kappa shape index (κ2) is 8.81. The first-order chi connectivity index (χ1) is 15.0. The van der Waals surface area contributed by atoms with E-state index < -0.39 is 17.7 Å². The number of hydrogen-bond donors (Lipinski definition) is 1. The predicted molar refractivity (Wildman–Crippen MR) is 118 cm³/mol. The zero-order chi connectivity index (χ0) is 22.0. The van der Waals surface area contributed by atoms with Crippen LogP contribution in [0.4, 0.5) is 0 Å². The number of halogens is 1. The Hall–Kier alpha value is -3.32. The Morgan fingerprint density at radius 2 is 1.84 bits per heavy atom. The minimum atomic E-state index is -0.823. The summed E-state index contributed by atoms with van der Waals surface area (Å²) in [5.74, 6) is -0.605. The topological polar surface area (TPSA) is 80.0 Å². The minimum Gasteiger partial charge on any atom is -0.507 e. The van der Waals surface area contributed by atoms with E-state index in [-0.39, 0.29) is 17.9 Å². The van der Waals surface area contributed by atoms with Crippen LogP contribution in [0, 0.1) is 0 Å². The molecule has 1 aliphatic rings. The molecular formula is C24H20BrNO5. The van der Waals surface area contributed by atoms with Gasteiger partial charge in [0.05, 0.1) is 31.0 Å². The van der Waals surface area contributed by atoms with Gasteiger partial charge in [0.15, 0.2) is 0 Å². The maximum atomic E-state index is 13.1. The van der Waals surface area contributed by atoms with Crippen LogP contribution in [-0.4, -0.2) is 28.3 Å². The molecule has 0 spiro atoms. The molecule has 1 N–H and O–H groups in total. The van der Waals surface area contributed by atoms with Crippen molar-refractivity contribution in [3.8, 4) is 5.75 Å². The third-order valence-corrected chi connectivity index (χ3v) is 5.61. The van der Waals surface area contributed by atoms with E-state index in [1.54, 1.807) is 48.5 Å². The molecule has 0 aliphatic carbocycles. The van der Waals surface area contributed by atoms with E-state index in [1.807, 2.05) is 19.1 Å². The summed E-state index contributed by atoms with van der Waals surface area (Å²) in [7, 11) is 0. The van der Waals surface area contributed by atoms with E-state index in [0.29, 0.717) is 29.2 Å². The van der Waals surface area contributed by atoms with Crippen LogP contribution in [0.15, 0.2) is 81.4 Å². The Labute approximate surface area is 187 Å². The largest absolute Gasteiger partial charge is 0.507 e. The predicted octanol–water partition coefficient (Wildman–Crippen LogP) is 5.06. The summed E-state index contributed by atoms with van der Waals surface area (Å²) in [6.45, 7) is 2.36. The van der Waals surface area contributed by atoms with Gasteiger partial charge in [-0.3, -0.25) is 9.59 Å². The average molecular weight is 482 g/mol. The second-order valence-corrected chi connectivity index (χ2v) is 7.90. The Morgan fingerprint density at radius 1 is 1.10 bits per heavy atom. The summed E-state index contributed by atoms with van der Waals surface area (Å²) < 4.78 is 12.0. The molecule has 158 valence electrons. The smallest absolute Gasteiger partial charge is 0.296 e. The SMILES string of the molecule is CCOc1ccccc1C1/C(=C(/O)c2ccc(Br)cc2)C(=O)C(=O)N1Cc1ccco1. The highest BCUT2D eigenvalue weighted by Gasteiger charge is 2.47. The standard InChI is InChI=1S/C24H20BrNO5/c1-2-30-19-8-4-3-7-18(19)21-20(22(27)15-9-11-16(25)12-10-15)23(28)24(29)26(21)14-17-6-5-13-31-17/h3-13,21,27H,2,14H2,1H3/b22-20-. The Morgan fingerprint density at radius 3 is 2.52 bits per heavy atom. The number of aliphatic hydroxyl groups excluding tert-OH is 1. The fraction of sp³-hybridized carbons (Fsp3) is 0.167. The fourth-order valence-electron chi connectivity index (χ4n) is 3.69. The zero-order valence-corrected chi connectivity index (χ0v) is 18.3. The van der Waals surface area contributed by atoms with Gasteiger partial charge in [-0.1, -0.05) is 46.3 Å². The highest BCUT2D eigenvalue weighted by atomic mass is 79.9. The van der Waals surface area contributed by atoms with Crippen LogP contribution in [0.1, 0.15) is 29.9 Å².